The third kappa shape index (κ3) is 2.76. The third-order valence-electron chi connectivity index (χ3n) is 3.35. The molecule has 0 bridgehead atoms. The van der Waals surface area contributed by atoms with Crippen LogP contribution in [0.15, 0.2) is 48.7 Å². The maximum absolute atomic E-state index is 11.5. The molecule has 5 heteroatoms. The summed E-state index contributed by atoms with van der Waals surface area (Å²) in [6, 6.07) is 13.8. The Morgan fingerprint density at radius 2 is 2.00 bits per heavy atom. The topological polar surface area (TPSA) is 57.0 Å². The summed E-state index contributed by atoms with van der Waals surface area (Å²) in [5, 5.41) is 4.34. The molecule has 0 aliphatic carbocycles. The van der Waals surface area contributed by atoms with Gasteiger partial charge in [0.25, 0.3) is 0 Å². The van der Waals surface area contributed by atoms with Crippen molar-refractivity contribution in [1.82, 2.24) is 14.8 Å². The molecular weight excluding hydrogens is 266 g/mol. The number of esters is 1. The highest BCUT2D eigenvalue weighted by Gasteiger charge is 2.10. The van der Waals surface area contributed by atoms with Crippen LogP contribution in [0.25, 0.3) is 11.0 Å². The first-order chi connectivity index (χ1) is 10.3. The van der Waals surface area contributed by atoms with E-state index >= 15 is 0 Å². The quantitative estimate of drug-likeness (QED) is 0.689. The lowest BCUT2D eigenvalue weighted by atomic mass is 10.1. The smallest absolute Gasteiger partial charge is 0.356 e. The van der Waals surface area contributed by atoms with Crippen molar-refractivity contribution in [3.05, 3.63) is 59.9 Å². The van der Waals surface area contributed by atoms with Gasteiger partial charge in [-0.2, -0.15) is 5.10 Å². The van der Waals surface area contributed by atoms with Crippen LogP contribution in [0.3, 0.4) is 0 Å². The van der Waals surface area contributed by atoms with Crippen LogP contribution in [-0.4, -0.2) is 27.8 Å². The van der Waals surface area contributed by atoms with E-state index in [-0.39, 0.29) is 0 Å². The Morgan fingerprint density at radius 1 is 1.19 bits per heavy atom. The zero-order valence-electron chi connectivity index (χ0n) is 11.7. The zero-order valence-corrected chi connectivity index (χ0v) is 11.7. The average Bonchev–Trinajstić information content (AvgIpc) is 2.95. The fourth-order valence-electron chi connectivity index (χ4n) is 2.24. The van der Waals surface area contributed by atoms with E-state index in [4.69, 9.17) is 0 Å². The van der Waals surface area contributed by atoms with Crippen molar-refractivity contribution in [3.8, 4) is 0 Å². The van der Waals surface area contributed by atoms with E-state index in [1.165, 1.54) is 12.7 Å². The number of hydrogen-bond acceptors (Lipinski definition) is 4. The third-order valence-corrected chi connectivity index (χ3v) is 3.35. The Bertz CT molecular complexity index is 766. The molecule has 0 saturated carbocycles. The molecule has 0 aliphatic heterocycles. The summed E-state index contributed by atoms with van der Waals surface area (Å²) >= 11 is 0. The maximum atomic E-state index is 11.5. The first-order valence-corrected chi connectivity index (χ1v) is 6.73. The van der Waals surface area contributed by atoms with Gasteiger partial charge in [-0.3, -0.25) is 4.68 Å². The molecule has 3 rings (SSSR count). The van der Waals surface area contributed by atoms with E-state index in [2.05, 4.69) is 27.0 Å². The minimum absolute atomic E-state index is 0.299. The van der Waals surface area contributed by atoms with Gasteiger partial charge in [0.2, 0.25) is 0 Å². The number of aromatic nitrogens is 3. The fourth-order valence-corrected chi connectivity index (χ4v) is 2.24. The van der Waals surface area contributed by atoms with E-state index in [0.29, 0.717) is 11.2 Å². The molecule has 0 amide bonds. The average molecular weight is 281 g/mol. The summed E-state index contributed by atoms with van der Waals surface area (Å²) in [5.41, 5.74) is 3.18. The second-order valence-electron chi connectivity index (χ2n) is 4.70. The van der Waals surface area contributed by atoms with Gasteiger partial charge in [-0.25, -0.2) is 9.78 Å². The predicted octanol–water partition coefficient (Wildman–Crippen LogP) is 2.46. The molecule has 2 aromatic heterocycles. The monoisotopic (exact) mass is 281 g/mol. The SMILES string of the molecule is COC(=O)c1ccc2c(cnn2CCc2ccccc2)n1. The van der Waals surface area contributed by atoms with Gasteiger partial charge in [0.05, 0.1) is 18.8 Å². The Labute approximate surface area is 122 Å². The normalized spacial score (nSPS) is 10.7. The van der Waals surface area contributed by atoms with Crippen molar-refractivity contribution in [2.24, 2.45) is 0 Å². The van der Waals surface area contributed by atoms with Crippen LogP contribution in [0, 0.1) is 0 Å². The number of benzene rings is 1. The standard InChI is InChI=1S/C16H15N3O2/c1-21-16(20)13-7-8-15-14(18-13)11-17-19(15)10-9-12-5-3-2-4-6-12/h2-8,11H,9-10H2,1H3. The molecule has 0 atom stereocenters. The van der Waals surface area contributed by atoms with Crippen LogP contribution in [0.5, 0.6) is 0 Å². The predicted molar refractivity (Wildman–Crippen MR) is 79.0 cm³/mol. The molecular formula is C16H15N3O2. The largest absolute Gasteiger partial charge is 0.464 e. The summed E-state index contributed by atoms with van der Waals surface area (Å²) in [7, 11) is 1.34. The Kier molecular flexibility index (Phi) is 3.64. The summed E-state index contributed by atoms with van der Waals surface area (Å²) in [6.45, 7) is 0.771. The summed E-state index contributed by atoms with van der Waals surface area (Å²) in [6.07, 6.45) is 2.57. The molecule has 3 aromatic rings. The van der Waals surface area contributed by atoms with E-state index in [9.17, 15) is 4.79 Å². The van der Waals surface area contributed by atoms with Crippen molar-refractivity contribution >= 4 is 17.0 Å². The van der Waals surface area contributed by atoms with Gasteiger partial charge in [-0.05, 0) is 24.1 Å². The molecule has 0 radical (unpaired) electrons. The number of methoxy groups -OCH3 is 1. The van der Waals surface area contributed by atoms with Crippen LogP contribution in [-0.2, 0) is 17.7 Å². The second-order valence-corrected chi connectivity index (χ2v) is 4.70. The summed E-state index contributed by atoms with van der Waals surface area (Å²) < 4.78 is 6.57. The zero-order chi connectivity index (χ0) is 14.7. The minimum atomic E-state index is -0.436. The molecule has 0 saturated heterocycles. The van der Waals surface area contributed by atoms with Crippen molar-refractivity contribution in [3.63, 3.8) is 0 Å². The number of carbonyl (C=O) groups excluding carboxylic acids is 1. The molecule has 2 heterocycles. The van der Waals surface area contributed by atoms with Crippen molar-refractivity contribution in [2.45, 2.75) is 13.0 Å². The maximum Gasteiger partial charge on any atom is 0.356 e. The second kappa shape index (κ2) is 5.75. The van der Waals surface area contributed by atoms with Crippen molar-refractivity contribution < 1.29 is 9.53 Å². The van der Waals surface area contributed by atoms with Crippen molar-refractivity contribution in [2.75, 3.05) is 7.11 Å². The van der Waals surface area contributed by atoms with Crippen LogP contribution in [0.4, 0.5) is 0 Å². The van der Waals surface area contributed by atoms with Crippen molar-refractivity contribution in [1.29, 1.82) is 0 Å². The van der Waals surface area contributed by atoms with Gasteiger partial charge >= 0.3 is 5.97 Å². The van der Waals surface area contributed by atoms with Crippen LogP contribution in [0.2, 0.25) is 0 Å². The van der Waals surface area contributed by atoms with Crippen LogP contribution >= 0.6 is 0 Å². The molecule has 106 valence electrons. The first-order valence-electron chi connectivity index (χ1n) is 6.73. The lowest BCUT2D eigenvalue weighted by Crippen LogP contribution is -2.05. The molecule has 0 spiro atoms. The minimum Gasteiger partial charge on any atom is -0.464 e. The van der Waals surface area contributed by atoms with E-state index in [0.717, 1.165) is 18.5 Å². The first kappa shape index (κ1) is 13.3. The van der Waals surface area contributed by atoms with Gasteiger partial charge in [-0.1, -0.05) is 30.3 Å². The molecule has 0 fully saturated rings. The fraction of sp³-hybridized carbons (Fsp3) is 0.188. The Morgan fingerprint density at radius 3 is 2.76 bits per heavy atom. The highest BCUT2D eigenvalue weighted by molar-refractivity contribution is 5.90. The van der Waals surface area contributed by atoms with Gasteiger partial charge in [-0.15, -0.1) is 0 Å². The highest BCUT2D eigenvalue weighted by atomic mass is 16.5. The van der Waals surface area contributed by atoms with Gasteiger partial charge in [0.15, 0.2) is 0 Å². The Balaban J connectivity index is 1.82. The van der Waals surface area contributed by atoms with Gasteiger partial charge in [0.1, 0.15) is 11.2 Å². The molecule has 0 aliphatic rings. The van der Waals surface area contributed by atoms with Crippen LogP contribution in [0.1, 0.15) is 16.1 Å². The number of ether oxygens (including phenoxy) is 1. The molecule has 1 aromatic carbocycles. The molecule has 0 N–H and O–H groups in total. The van der Waals surface area contributed by atoms with E-state index in [1.54, 1.807) is 12.3 Å². The Hall–Kier alpha value is -2.69. The van der Waals surface area contributed by atoms with Gasteiger partial charge < -0.3 is 4.74 Å². The lowest BCUT2D eigenvalue weighted by Gasteiger charge is -2.04. The summed E-state index contributed by atoms with van der Waals surface area (Å²) in [5.74, 6) is -0.436. The van der Waals surface area contributed by atoms with Gasteiger partial charge in [0, 0.05) is 6.54 Å². The number of nitrogens with zero attached hydrogens (tertiary/aromatic N) is 3. The summed E-state index contributed by atoms with van der Waals surface area (Å²) in [4.78, 5) is 15.7. The number of hydrogen-bond donors (Lipinski definition) is 0. The molecule has 5 nitrogen and oxygen atoms in total. The highest BCUT2D eigenvalue weighted by Crippen LogP contribution is 2.13. The van der Waals surface area contributed by atoms with E-state index < -0.39 is 5.97 Å². The van der Waals surface area contributed by atoms with Crippen LogP contribution < -0.4 is 0 Å². The number of pyridine rings is 1. The lowest BCUT2D eigenvalue weighted by molar-refractivity contribution is 0.0594. The number of rotatable bonds is 4. The van der Waals surface area contributed by atoms with E-state index in [1.807, 2.05) is 28.9 Å². The number of fused-ring (bicyclic) bond motifs is 1. The number of carbonyl (C=O) groups is 1. The molecule has 0 unspecified atom stereocenters. The molecule has 21 heavy (non-hydrogen) atoms. The number of aryl methyl sites for hydroxylation is 2.